The van der Waals surface area contributed by atoms with E-state index in [1.54, 1.807) is 12.1 Å². The fourth-order valence-corrected chi connectivity index (χ4v) is 5.15. The number of halogens is 1. The molecule has 0 saturated carbocycles. The third kappa shape index (κ3) is 5.50. The Morgan fingerprint density at radius 2 is 1.58 bits per heavy atom. The molecule has 2 heterocycles. The van der Waals surface area contributed by atoms with Crippen molar-refractivity contribution in [2.45, 2.75) is 38.8 Å². The number of rotatable bonds is 10. The standard InChI is InChI=1S/C30H31FN2O5/c1-3-36-26-13-21(14-27(37-4-2)29(26)23-9-11-24(31)12-10-23)17-33-18-30(19-33)16-25(32-38-30)22-7-5-20(6-8-22)15-28(34)35/h5-14H,3-4,15-19H2,1-2H3,(H,34,35). The lowest BCUT2D eigenvalue weighted by Crippen LogP contribution is -2.61. The molecule has 0 unspecified atom stereocenters. The highest BCUT2D eigenvalue weighted by Crippen LogP contribution is 2.42. The number of carboxylic acid groups (broad SMARTS) is 1. The van der Waals surface area contributed by atoms with E-state index in [-0.39, 0.29) is 17.8 Å². The van der Waals surface area contributed by atoms with Crippen LogP contribution in [0.3, 0.4) is 0 Å². The van der Waals surface area contributed by atoms with Crippen molar-refractivity contribution >= 4 is 11.7 Å². The van der Waals surface area contributed by atoms with E-state index >= 15 is 0 Å². The number of ether oxygens (including phenoxy) is 2. The van der Waals surface area contributed by atoms with Gasteiger partial charge >= 0.3 is 5.97 Å². The Morgan fingerprint density at radius 1 is 0.974 bits per heavy atom. The Hall–Kier alpha value is -3.91. The van der Waals surface area contributed by atoms with Gasteiger partial charge in [0.25, 0.3) is 0 Å². The maximum Gasteiger partial charge on any atom is 0.307 e. The number of benzene rings is 3. The fraction of sp³-hybridized carbons (Fsp3) is 0.333. The van der Waals surface area contributed by atoms with Crippen molar-refractivity contribution in [3.8, 4) is 22.6 Å². The zero-order chi connectivity index (χ0) is 26.7. The highest BCUT2D eigenvalue weighted by molar-refractivity contribution is 6.01. The summed E-state index contributed by atoms with van der Waals surface area (Å²) in [5.74, 6) is 0.290. The van der Waals surface area contributed by atoms with Crippen LogP contribution in [-0.4, -0.2) is 53.6 Å². The van der Waals surface area contributed by atoms with Crippen LogP contribution in [0.1, 0.15) is 37.0 Å². The summed E-state index contributed by atoms with van der Waals surface area (Å²) in [5.41, 5.74) is 4.98. The SMILES string of the molecule is CCOc1cc(CN2CC3(CC(c4ccc(CC(=O)O)cc4)=NO3)C2)cc(OCC)c1-c1ccc(F)cc1. The van der Waals surface area contributed by atoms with Gasteiger partial charge in [0.1, 0.15) is 17.3 Å². The highest BCUT2D eigenvalue weighted by Gasteiger charge is 2.49. The van der Waals surface area contributed by atoms with Crippen molar-refractivity contribution in [2.24, 2.45) is 5.16 Å². The van der Waals surface area contributed by atoms with Crippen LogP contribution in [0.4, 0.5) is 4.39 Å². The molecule has 0 aromatic heterocycles. The topological polar surface area (TPSA) is 80.6 Å². The minimum Gasteiger partial charge on any atom is -0.493 e. The molecule has 1 saturated heterocycles. The number of carboxylic acids is 1. The molecule has 2 aliphatic rings. The predicted molar refractivity (Wildman–Crippen MR) is 142 cm³/mol. The van der Waals surface area contributed by atoms with E-state index in [2.05, 4.69) is 10.1 Å². The summed E-state index contributed by atoms with van der Waals surface area (Å²) in [7, 11) is 0. The number of likely N-dealkylation sites (tertiary alicyclic amines) is 1. The van der Waals surface area contributed by atoms with Gasteiger partial charge < -0.3 is 19.4 Å². The lowest BCUT2D eigenvalue weighted by molar-refractivity contribution is -0.136. The molecule has 0 aliphatic carbocycles. The average Bonchev–Trinajstić information content (AvgIpc) is 3.31. The molecular formula is C30H31FN2O5. The Morgan fingerprint density at radius 3 is 2.16 bits per heavy atom. The molecule has 198 valence electrons. The molecule has 0 amide bonds. The van der Waals surface area contributed by atoms with Gasteiger partial charge in [-0.2, -0.15) is 0 Å². The van der Waals surface area contributed by atoms with Crippen molar-refractivity contribution in [3.63, 3.8) is 0 Å². The van der Waals surface area contributed by atoms with Gasteiger partial charge in [-0.3, -0.25) is 9.69 Å². The first-order chi connectivity index (χ1) is 18.4. The molecule has 0 atom stereocenters. The van der Waals surface area contributed by atoms with E-state index in [1.165, 1.54) is 12.1 Å². The Bertz CT molecular complexity index is 1300. The Kier molecular flexibility index (Phi) is 7.33. The minimum atomic E-state index is -0.848. The smallest absolute Gasteiger partial charge is 0.307 e. The van der Waals surface area contributed by atoms with Crippen LogP contribution in [-0.2, 0) is 22.6 Å². The third-order valence-corrected chi connectivity index (χ3v) is 6.77. The van der Waals surface area contributed by atoms with E-state index in [0.717, 1.165) is 46.6 Å². The molecular weight excluding hydrogens is 487 g/mol. The van der Waals surface area contributed by atoms with Crippen molar-refractivity contribution in [1.82, 2.24) is 4.90 Å². The van der Waals surface area contributed by atoms with Gasteiger partial charge in [0.05, 0.1) is 30.9 Å². The number of oxime groups is 1. The monoisotopic (exact) mass is 518 g/mol. The quantitative estimate of drug-likeness (QED) is 0.393. The normalized spacial score (nSPS) is 16.0. The first-order valence-corrected chi connectivity index (χ1v) is 12.8. The lowest BCUT2D eigenvalue weighted by atomic mass is 9.86. The third-order valence-electron chi connectivity index (χ3n) is 6.77. The first-order valence-electron chi connectivity index (χ1n) is 12.8. The van der Waals surface area contributed by atoms with Crippen LogP contribution in [0.2, 0.25) is 0 Å². The first kappa shape index (κ1) is 25.7. The van der Waals surface area contributed by atoms with Crippen LogP contribution in [0, 0.1) is 5.82 Å². The zero-order valence-electron chi connectivity index (χ0n) is 21.6. The van der Waals surface area contributed by atoms with Gasteiger partial charge in [-0.25, -0.2) is 4.39 Å². The van der Waals surface area contributed by atoms with Crippen LogP contribution in [0.5, 0.6) is 11.5 Å². The lowest BCUT2D eigenvalue weighted by Gasteiger charge is -2.45. The zero-order valence-corrected chi connectivity index (χ0v) is 21.6. The summed E-state index contributed by atoms with van der Waals surface area (Å²) in [6, 6.07) is 17.9. The number of carbonyl (C=O) groups is 1. The molecule has 0 bridgehead atoms. The number of hydrogen-bond donors (Lipinski definition) is 1. The number of hydrogen-bond acceptors (Lipinski definition) is 6. The van der Waals surface area contributed by atoms with Crippen LogP contribution < -0.4 is 9.47 Å². The summed E-state index contributed by atoms with van der Waals surface area (Å²) in [5, 5.41) is 13.3. The molecule has 7 nitrogen and oxygen atoms in total. The number of aliphatic carboxylic acids is 1. The van der Waals surface area contributed by atoms with E-state index in [0.29, 0.717) is 37.7 Å². The van der Waals surface area contributed by atoms with E-state index in [9.17, 15) is 9.18 Å². The van der Waals surface area contributed by atoms with E-state index in [1.807, 2.05) is 50.2 Å². The molecule has 1 fully saturated rings. The van der Waals surface area contributed by atoms with Gasteiger partial charge in [-0.15, -0.1) is 0 Å². The van der Waals surface area contributed by atoms with Crippen LogP contribution in [0.25, 0.3) is 11.1 Å². The summed E-state index contributed by atoms with van der Waals surface area (Å²) in [6.45, 7) is 7.07. The summed E-state index contributed by atoms with van der Waals surface area (Å²) in [6.07, 6.45) is 0.711. The van der Waals surface area contributed by atoms with Gasteiger partial charge in [0.2, 0.25) is 0 Å². The summed E-state index contributed by atoms with van der Waals surface area (Å²) >= 11 is 0. The van der Waals surface area contributed by atoms with Crippen molar-refractivity contribution in [3.05, 3.63) is 83.2 Å². The largest absolute Gasteiger partial charge is 0.493 e. The molecule has 1 spiro atoms. The predicted octanol–water partition coefficient (Wildman–Crippen LogP) is 5.30. The highest BCUT2D eigenvalue weighted by atomic mass is 19.1. The summed E-state index contributed by atoms with van der Waals surface area (Å²) in [4.78, 5) is 19.1. The van der Waals surface area contributed by atoms with Gasteiger partial charge in [-0.1, -0.05) is 41.6 Å². The van der Waals surface area contributed by atoms with Gasteiger partial charge in [-0.05, 0) is 60.4 Å². The van der Waals surface area contributed by atoms with Gasteiger partial charge in [0.15, 0.2) is 5.60 Å². The molecule has 38 heavy (non-hydrogen) atoms. The fourth-order valence-electron chi connectivity index (χ4n) is 5.15. The molecule has 1 N–H and O–H groups in total. The molecule has 5 rings (SSSR count). The molecule has 0 radical (unpaired) electrons. The van der Waals surface area contributed by atoms with Crippen LogP contribution >= 0.6 is 0 Å². The Labute approximate surface area is 221 Å². The van der Waals surface area contributed by atoms with Crippen molar-refractivity contribution in [2.75, 3.05) is 26.3 Å². The molecule has 3 aromatic rings. The van der Waals surface area contributed by atoms with E-state index < -0.39 is 5.97 Å². The molecule has 3 aromatic carbocycles. The molecule has 2 aliphatic heterocycles. The van der Waals surface area contributed by atoms with Gasteiger partial charge in [0, 0.05) is 26.1 Å². The van der Waals surface area contributed by atoms with E-state index in [4.69, 9.17) is 19.4 Å². The molecule has 8 heteroatoms. The minimum absolute atomic E-state index is 0.00303. The van der Waals surface area contributed by atoms with Crippen LogP contribution in [0.15, 0.2) is 65.8 Å². The second-order valence-electron chi connectivity index (χ2n) is 9.74. The second-order valence-corrected chi connectivity index (χ2v) is 9.74. The summed E-state index contributed by atoms with van der Waals surface area (Å²) < 4.78 is 25.6. The Balaban J connectivity index is 1.27. The maximum atomic E-state index is 13.6. The average molecular weight is 519 g/mol. The van der Waals surface area contributed by atoms with Crippen molar-refractivity contribution < 1.29 is 28.6 Å². The maximum absolute atomic E-state index is 13.6. The number of nitrogens with zero attached hydrogens (tertiary/aromatic N) is 2. The van der Waals surface area contributed by atoms with Crippen molar-refractivity contribution in [1.29, 1.82) is 0 Å². The second kappa shape index (κ2) is 10.8.